The number of nitrogens with two attached hydrogens (primary N) is 1. The van der Waals surface area contributed by atoms with E-state index in [-0.39, 0.29) is 19.4 Å². The fourth-order valence-electron chi connectivity index (χ4n) is 3.50. The first-order valence-electron chi connectivity index (χ1n) is 12.6. The maximum absolute atomic E-state index is 13.1. The van der Waals surface area contributed by atoms with Crippen molar-refractivity contribution in [2.45, 2.75) is 70.7 Å². The Hall–Kier alpha value is -4.08. The highest BCUT2D eigenvalue weighted by Crippen LogP contribution is 2.09. The van der Waals surface area contributed by atoms with Gasteiger partial charge in [-0.1, -0.05) is 60.7 Å². The number of amides is 4. The number of primary amides is 1. The highest BCUT2D eigenvalue weighted by atomic mass is 16.6. The van der Waals surface area contributed by atoms with Crippen LogP contribution in [0.2, 0.25) is 0 Å². The summed E-state index contributed by atoms with van der Waals surface area (Å²) in [6.07, 6.45) is 0.199. The number of nitrogens with one attached hydrogen (secondary N) is 3. The SMILES string of the molecule is CC(C)(C)OC(=O)NCCCC[C@H](NC(=O)OCc1ccccc1)C(=O)N[C@@H](Cc1ccccc1)C(N)=O. The highest BCUT2D eigenvalue weighted by molar-refractivity contribution is 5.90. The van der Waals surface area contributed by atoms with Gasteiger partial charge in [-0.05, 0) is 51.2 Å². The first kappa shape index (κ1) is 30.1. The lowest BCUT2D eigenvalue weighted by atomic mass is 10.0. The predicted molar refractivity (Wildman–Crippen MR) is 143 cm³/mol. The van der Waals surface area contributed by atoms with Crippen LogP contribution in [0.5, 0.6) is 0 Å². The Morgan fingerprint density at radius 1 is 0.816 bits per heavy atom. The number of benzene rings is 2. The quantitative estimate of drug-likeness (QED) is 0.295. The summed E-state index contributed by atoms with van der Waals surface area (Å²) in [6.45, 7) is 5.69. The van der Waals surface area contributed by atoms with Gasteiger partial charge in [-0.2, -0.15) is 0 Å². The van der Waals surface area contributed by atoms with E-state index >= 15 is 0 Å². The lowest BCUT2D eigenvalue weighted by Crippen LogP contribution is -2.53. The van der Waals surface area contributed by atoms with E-state index in [1.54, 1.807) is 20.8 Å². The van der Waals surface area contributed by atoms with Gasteiger partial charge in [0.05, 0.1) is 0 Å². The second kappa shape index (κ2) is 15.2. The van der Waals surface area contributed by atoms with Crippen molar-refractivity contribution < 1.29 is 28.7 Å². The zero-order chi connectivity index (χ0) is 28.0. The monoisotopic (exact) mass is 526 g/mol. The minimum Gasteiger partial charge on any atom is -0.445 e. The first-order valence-corrected chi connectivity index (χ1v) is 12.6. The van der Waals surface area contributed by atoms with Crippen molar-refractivity contribution in [1.82, 2.24) is 16.0 Å². The number of ether oxygens (including phenoxy) is 2. The van der Waals surface area contributed by atoms with Gasteiger partial charge in [-0.3, -0.25) is 9.59 Å². The van der Waals surface area contributed by atoms with Crippen molar-refractivity contribution in [2.75, 3.05) is 6.54 Å². The molecule has 0 radical (unpaired) electrons. The molecule has 2 rings (SSSR count). The molecule has 0 bridgehead atoms. The molecule has 10 nitrogen and oxygen atoms in total. The van der Waals surface area contributed by atoms with Crippen molar-refractivity contribution >= 4 is 24.0 Å². The summed E-state index contributed by atoms with van der Waals surface area (Å²) in [5.74, 6) is -1.24. The Bertz CT molecular complexity index is 1040. The van der Waals surface area contributed by atoms with Gasteiger partial charge >= 0.3 is 12.2 Å². The number of rotatable bonds is 13. The lowest BCUT2D eigenvalue weighted by molar-refractivity contribution is -0.128. The van der Waals surface area contributed by atoms with Gasteiger partial charge in [-0.25, -0.2) is 9.59 Å². The molecule has 2 atom stereocenters. The summed E-state index contributed by atoms with van der Waals surface area (Å²) in [6, 6.07) is 16.4. The van der Waals surface area contributed by atoms with Gasteiger partial charge in [0.2, 0.25) is 11.8 Å². The standard InChI is InChI=1S/C28H38N4O6/c1-28(2,3)38-26(35)30-17-11-10-16-22(32-27(36)37-19-21-14-8-5-9-15-21)25(34)31-23(24(29)33)18-20-12-6-4-7-13-20/h4-9,12-15,22-23H,10-11,16-19H2,1-3H3,(H2,29,33)(H,30,35)(H,31,34)(H,32,36)/t22-,23-/m0/s1. The molecule has 206 valence electrons. The van der Waals surface area contributed by atoms with Gasteiger partial charge in [0.15, 0.2) is 0 Å². The topological polar surface area (TPSA) is 149 Å². The summed E-state index contributed by atoms with van der Waals surface area (Å²) < 4.78 is 10.5. The minimum absolute atomic E-state index is 0.0404. The average Bonchev–Trinajstić information content (AvgIpc) is 2.86. The zero-order valence-corrected chi connectivity index (χ0v) is 22.2. The Labute approximate surface area is 223 Å². The van der Waals surface area contributed by atoms with Crippen LogP contribution in [0.15, 0.2) is 60.7 Å². The third-order valence-corrected chi connectivity index (χ3v) is 5.35. The minimum atomic E-state index is -0.975. The molecule has 0 aromatic heterocycles. The number of alkyl carbamates (subject to hydrolysis) is 2. The molecule has 0 heterocycles. The molecule has 0 fully saturated rings. The van der Waals surface area contributed by atoms with Crippen molar-refractivity contribution in [3.63, 3.8) is 0 Å². The van der Waals surface area contributed by atoms with E-state index < -0.39 is 41.7 Å². The Balaban J connectivity index is 1.96. The van der Waals surface area contributed by atoms with Gasteiger partial charge in [-0.15, -0.1) is 0 Å². The normalized spacial score (nSPS) is 12.5. The maximum atomic E-state index is 13.1. The second-order valence-corrected chi connectivity index (χ2v) is 9.84. The second-order valence-electron chi connectivity index (χ2n) is 9.84. The summed E-state index contributed by atoms with van der Waals surface area (Å²) >= 11 is 0. The smallest absolute Gasteiger partial charge is 0.408 e. The Morgan fingerprint density at radius 3 is 2.00 bits per heavy atom. The van der Waals surface area contributed by atoms with E-state index in [2.05, 4.69) is 16.0 Å². The lowest BCUT2D eigenvalue weighted by Gasteiger charge is -2.22. The summed E-state index contributed by atoms with van der Waals surface area (Å²) in [5, 5.41) is 7.91. The van der Waals surface area contributed by atoms with Crippen molar-refractivity contribution in [3.8, 4) is 0 Å². The van der Waals surface area contributed by atoms with E-state index in [1.165, 1.54) is 0 Å². The summed E-state index contributed by atoms with van der Waals surface area (Å²) in [4.78, 5) is 49.4. The molecular weight excluding hydrogens is 488 g/mol. The molecule has 0 unspecified atom stereocenters. The van der Waals surface area contributed by atoms with Crippen molar-refractivity contribution in [1.29, 1.82) is 0 Å². The third-order valence-electron chi connectivity index (χ3n) is 5.35. The molecule has 2 aromatic carbocycles. The molecule has 0 saturated carbocycles. The van der Waals surface area contributed by atoms with Crippen LogP contribution in [0.25, 0.3) is 0 Å². The fourth-order valence-corrected chi connectivity index (χ4v) is 3.50. The van der Waals surface area contributed by atoms with Gasteiger partial charge < -0.3 is 31.2 Å². The molecule has 38 heavy (non-hydrogen) atoms. The average molecular weight is 527 g/mol. The molecule has 10 heteroatoms. The molecule has 0 saturated heterocycles. The van der Waals surface area contributed by atoms with E-state index in [9.17, 15) is 19.2 Å². The first-order chi connectivity index (χ1) is 18.0. The van der Waals surface area contributed by atoms with Gasteiger partial charge in [0.25, 0.3) is 0 Å². The van der Waals surface area contributed by atoms with Crippen LogP contribution >= 0.6 is 0 Å². The van der Waals surface area contributed by atoms with E-state index in [0.29, 0.717) is 19.4 Å². The largest absolute Gasteiger partial charge is 0.445 e. The number of carbonyl (C=O) groups excluding carboxylic acids is 4. The highest BCUT2D eigenvalue weighted by Gasteiger charge is 2.26. The molecule has 0 aliphatic heterocycles. The summed E-state index contributed by atoms with van der Waals surface area (Å²) in [5.41, 5.74) is 6.57. The van der Waals surface area contributed by atoms with Crippen molar-refractivity contribution in [3.05, 3.63) is 71.8 Å². The molecule has 0 aliphatic rings. The molecular formula is C28H38N4O6. The van der Waals surface area contributed by atoms with Crippen LogP contribution in [-0.2, 0) is 32.1 Å². The molecule has 4 amide bonds. The van der Waals surface area contributed by atoms with Crippen LogP contribution in [0.4, 0.5) is 9.59 Å². The zero-order valence-electron chi connectivity index (χ0n) is 22.2. The Morgan fingerprint density at radius 2 is 1.42 bits per heavy atom. The van der Waals surface area contributed by atoms with Crippen LogP contribution in [-0.4, -0.2) is 48.2 Å². The van der Waals surface area contributed by atoms with Crippen molar-refractivity contribution in [2.24, 2.45) is 5.73 Å². The van der Waals surface area contributed by atoms with E-state index in [4.69, 9.17) is 15.2 Å². The number of carbonyl (C=O) groups is 4. The van der Waals surface area contributed by atoms with Crippen LogP contribution in [0, 0.1) is 0 Å². The third kappa shape index (κ3) is 12.2. The van der Waals surface area contributed by atoms with Crippen LogP contribution < -0.4 is 21.7 Å². The molecule has 0 spiro atoms. The van der Waals surface area contributed by atoms with Crippen LogP contribution in [0.1, 0.15) is 51.2 Å². The Kier molecular flexibility index (Phi) is 12.1. The predicted octanol–water partition coefficient (Wildman–Crippen LogP) is 3.19. The van der Waals surface area contributed by atoms with Crippen LogP contribution in [0.3, 0.4) is 0 Å². The number of unbranched alkanes of at least 4 members (excludes halogenated alkanes) is 1. The molecule has 2 aromatic rings. The summed E-state index contributed by atoms with van der Waals surface area (Å²) in [7, 11) is 0. The fraction of sp³-hybridized carbons (Fsp3) is 0.429. The molecule has 5 N–H and O–H groups in total. The van der Waals surface area contributed by atoms with Gasteiger partial charge in [0.1, 0.15) is 24.3 Å². The van der Waals surface area contributed by atoms with E-state index in [0.717, 1.165) is 11.1 Å². The molecule has 0 aliphatic carbocycles. The maximum Gasteiger partial charge on any atom is 0.408 e. The van der Waals surface area contributed by atoms with E-state index in [1.807, 2.05) is 60.7 Å². The number of hydrogen-bond acceptors (Lipinski definition) is 6. The number of hydrogen-bond donors (Lipinski definition) is 4. The van der Waals surface area contributed by atoms with Gasteiger partial charge in [0, 0.05) is 13.0 Å².